The first-order valence-electron chi connectivity index (χ1n) is 5.58. The Labute approximate surface area is 102 Å². The van der Waals surface area contributed by atoms with Crippen molar-refractivity contribution < 1.29 is 9.84 Å². The zero-order chi connectivity index (χ0) is 12.5. The molecule has 0 bridgehead atoms. The Morgan fingerprint density at radius 3 is 3.12 bits per heavy atom. The van der Waals surface area contributed by atoms with Crippen molar-refractivity contribution in [3.05, 3.63) is 18.0 Å². The molecule has 1 N–H and O–H groups in total. The number of aliphatic hydroxyl groups excluding tert-OH is 1. The van der Waals surface area contributed by atoms with E-state index in [0.29, 0.717) is 19.8 Å². The zero-order valence-electron chi connectivity index (χ0n) is 10.2. The van der Waals surface area contributed by atoms with Crippen molar-refractivity contribution >= 4 is 0 Å². The average Bonchev–Trinajstić information content (AvgIpc) is 2.73. The van der Waals surface area contributed by atoms with E-state index in [4.69, 9.17) is 16.3 Å². The van der Waals surface area contributed by atoms with Gasteiger partial charge in [-0.1, -0.05) is 5.92 Å². The van der Waals surface area contributed by atoms with Crippen molar-refractivity contribution in [2.45, 2.75) is 13.1 Å². The van der Waals surface area contributed by atoms with Crippen LogP contribution in [-0.2, 0) is 17.8 Å². The molecule has 0 aliphatic carbocycles. The van der Waals surface area contributed by atoms with Crippen LogP contribution in [0.1, 0.15) is 5.56 Å². The van der Waals surface area contributed by atoms with E-state index >= 15 is 0 Å². The lowest BCUT2D eigenvalue weighted by Gasteiger charge is -2.15. The molecule has 94 valence electrons. The molecule has 0 amide bonds. The maximum Gasteiger partial charge on any atom is 0.101 e. The molecule has 0 radical (unpaired) electrons. The Kier molecular flexibility index (Phi) is 6.33. The van der Waals surface area contributed by atoms with Crippen LogP contribution in [0, 0.1) is 12.3 Å². The summed E-state index contributed by atoms with van der Waals surface area (Å²) in [5.41, 5.74) is 1.13. The van der Waals surface area contributed by atoms with Gasteiger partial charge in [0.05, 0.1) is 26.0 Å². The lowest BCUT2D eigenvalue weighted by molar-refractivity contribution is 0.0773. The van der Waals surface area contributed by atoms with Gasteiger partial charge in [0, 0.05) is 24.8 Å². The van der Waals surface area contributed by atoms with Crippen molar-refractivity contribution in [3.8, 4) is 12.3 Å². The topological polar surface area (TPSA) is 50.5 Å². The minimum atomic E-state index is 0.0720. The van der Waals surface area contributed by atoms with E-state index in [2.05, 4.69) is 15.9 Å². The van der Waals surface area contributed by atoms with Crippen LogP contribution in [0.2, 0.25) is 0 Å². The molecule has 5 nitrogen and oxygen atoms in total. The van der Waals surface area contributed by atoms with Crippen molar-refractivity contribution in [1.82, 2.24) is 14.7 Å². The minimum Gasteiger partial charge on any atom is -0.394 e. The van der Waals surface area contributed by atoms with Gasteiger partial charge in [0.15, 0.2) is 0 Å². The summed E-state index contributed by atoms with van der Waals surface area (Å²) < 4.78 is 6.94. The largest absolute Gasteiger partial charge is 0.394 e. The van der Waals surface area contributed by atoms with Gasteiger partial charge in [-0.2, -0.15) is 5.10 Å². The van der Waals surface area contributed by atoms with Gasteiger partial charge in [-0.15, -0.1) is 6.42 Å². The van der Waals surface area contributed by atoms with Crippen LogP contribution < -0.4 is 0 Å². The molecule has 0 aliphatic rings. The summed E-state index contributed by atoms with van der Waals surface area (Å²) in [6.07, 6.45) is 8.98. The van der Waals surface area contributed by atoms with Crippen LogP contribution in [-0.4, -0.2) is 53.2 Å². The van der Waals surface area contributed by atoms with Crippen molar-refractivity contribution in [2.75, 3.05) is 33.4 Å². The van der Waals surface area contributed by atoms with E-state index < -0.39 is 0 Å². The highest BCUT2D eigenvalue weighted by molar-refractivity contribution is 5.04. The van der Waals surface area contributed by atoms with Crippen LogP contribution in [0.25, 0.3) is 0 Å². The molecule has 0 aliphatic heterocycles. The number of aliphatic hydroxyl groups is 1. The minimum absolute atomic E-state index is 0.0720. The van der Waals surface area contributed by atoms with Gasteiger partial charge in [-0.3, -0.25) is 9.58 Å². The number of terminal acetylenes is 1. The summed E-state index contributed by atoms with van der Waals surface area (Å²) in [4.78, 5) is 2.13. The Balaban J connectivity index is 2.25. The summed E-state index contributed by atoms with van der Waals surface area (Å²) in [5, 5.41) is 12.7. The van der Waals surface area contributed by atoms with Crippen LogP contribution in [0.15, 0.2) is 12.4 Å². The summed E-state index contributed by atoms with van der Waals surface area (Å²) >= 11 is 0. The molecule has 0 unspecified atom stereocenters. The first-order valence-corrected chi connectivity index (χ1v) is 5.58. The summed E-state index contributed by atoms with van der Waals surface area (Å²) in [5.74, 6) is 2.54. The normalized spacial score (nSPS) is 10.7. The molecule has 0 saturated carbocycles. The van der Waals surface area contributed by atoms with Gasteiger partial charge < -0.3 is 9.84 Å². The Hall–Kier alpha value is -1.35. The zero-order valence-corrected chi connectivity index (χ0v) is 10.2. The van der Waals surface area contributed by atoms with Crippen molar-refractivity contribution in [2.24, 2.45) is 0 Å². The van der Waals surface area contributed by atoms with Gasteiger partial charge in [0.25, 0.3) is 0 Å². The second-order valence-electron chi connectivity index (χ2n) is 3.82. The molecule has 1 aromatic heterocycles. The third kappa shape index (κ3) is 5.50. The van der Waals surface area contributed by atoms with E-state index in [0.717, 1.165) is 18.7 Å². The van der Waals surface area contributed by atoms with Crippen molar-refractivity contribution in [3.63, 3.8) is 0 Å². The first-order chi connectivity index (χ1) is 8.26. The fourth-order valence-corrected chi connectivity index (χ4v) is 1.45. The van der Waals surface area contributed by atoms with Gasteiger partial charge in [0.1, 0.15) is 6.54 Å². The highest BCUT2D eigenvalue weighted by Crippen LogP contribution is 2.01. The standard InChI is InChI=1S/C12H19N3O2/c1-3-4-15-11-12(9-13-15)10-14(2)5-7-17-8-6-16/h1,9,11,16H,4-8,10H2,2H3. The predicted octanol–water partition coefficient (Wildman–Crippen LogP) is -0.0430. The first kappa shape index (κ1) is 13.7. The number of hydrogen-bond acceptors (Lipinski definition) is 4. The number of likely N-dealkylation sites (N-methyl/N-ethyl adjacent to an activating group) is 1. The third-order valence-electron chi connectivity index (χ3n) is 2.25. The molecule has 0 saturated heterocycles. The van der Waals surface area contributed by atoms with E-state index in [1.54, 1.807) is 4.68 Å². The van der Waals surface area contributed by atoms with Gasteiger partial charge in [-0.25, -0.2) is 0 Å². The monoisotopic (exact) mass is 237 g/mol. The fourth-order valence-electron chi connectivity index (χ4n) is 1.45. The lowest BCUT2D eigenvalue weighted by Crippen LogP contribution is -2.23. The van der Waals surface area contributed by atoms with E-state index in [-0.39, 0.29) is 6.61 Å². The number of aromatic nitrogens is 2. The average molecular weight is 237 g/mol. The summed E-state index contributed by atoms with van der Waals surface area (Å²) in [7, 11) is 2.01. The molecular formula is C12H19N3O2. The Morgan fingerprint density at radius 2 is 2.41 bits per heavy atom. The quantitative estimate of drug-likeness (QED) is 0.509. The maximum absolute atomic E-state index is 8.55. The molecular weight excluding hydrogens is 218 g/mol. The molecule has 0 atom stereocenters. The van der Waals surface area contributed by atoms with Crippen molar-refractivity contribution in [1.29, 1.82) is 0 Å². The number of ether oxygens (including phenoxy) is 1. The van der Waals surface area contributed by atoms with Crippen LogP contribution in [0.4, 0.5) is 0 Å². The molecule has 1 heterocycles. The molecule has 1 aromatic rings. The van der Waals surface area contributed by atoms with E-state index in [1.165, 1.54) is 0 Å². The predicted molar refractivity (Wildman–Crippen MR) is 65.3 cm³/mol. The maximum atomic E-state index is 8.55. The Bertz CT molecular complexity index is 357. The summed E-state index contributed by atoms with van der Waals surface area (Å²) in [6, 6.07) is 0. The molecule has 5 heteroatoms. The fraction of sp³-hybridized carbons (Fsp3) is 0.583. The number of rotatable bonds is 8. The van der Waals surface area contributed by atoms with Gasteiger partial charge in [-0.05, 0) is 7.05 Å². The third-order valence-corrected chi connectivity index (χ3v) is 2.25. The van der Waals surface area contributed by atoms with Gasteiger partial charge in [0.2, 0.25) is 0 Å². The smallest absolute Gasteiger partial charge is 0.101 e. The number of hydrogen-bond donors (Lipinski definition) is 1. The second kappa shape index (κ2) is 7.85. The highest BCUT2D eigenvalue weighted by atomic mass is 16.5. The van der Waals surface area contributed by atoms with Crippen LogP contribution in [0.5, 0.6) is 0 Å². The SMILES string of the molecule is C#CCn1cc(CN(C)CCOCCO)cn1. The summed E-state index contributed by atoms with van der Waals surface area (Å²) in [6.45, 7) is 3.22. The number of nitrogens with zero attached hydrogens (tertiary/aromatic N) is 3. The van der Waals surface area contributed by atoms with E-state index in [1.807, 2.05) is 19.4 Å². The molecule has 0 spiro atoms. The highest BCUT2D eigenvalue weighted by Gasteiger charge is 2.02. The lowest BCUT2D eigenvalue weighted by atomic mass is 10.3. The Morgan fingerprint density at radius 1 is 1.59 bits per heavy atom. The van der Waals surface area contributed by atoms with Crippen LogP contribution in [0.3, 0.4) is 0 Å². The van der Waals surface area contributed by atoms with Gasteiger partial charge >= 0.3 is 0 Å². The molecule has 1 rings (SSSR count). The van der Waals surface area contributed by atoms with Crippen LogP contribution >= 0.6 is 0 Å². The molecule has 0 aromatic carbocycles. The molecule has 17 heavy (non-hydrogen) atoms. The molecule has 0 fully saturated rings. The van der Waals surface area contributed by atoms with E-state index in [9.17, 15) is 0 Å². The second-order valence-corrected chi connectivity index (χ2v) is 3.82.